The Morgan fingerprint density at radius 3 is 2.00 bits per heavy atom. The molecule has 0 aromatic heterocycles. The van der Waals surface area contributed by atoms with Gasteiger partial charge in [-0.15, -0.1) is 12.6 Å². The molecule has 0 fully saturated rings. The van der Waals surface area contributed by atoms with Crippen LogP contribution in [0.2, 0.25) is 0 Å². The summed E-state index contributed by atoms with van der Waals surface area (Å²) in [6, 6.07) is 0. The molecular formula is C5H10N2S. The lowest BCUT2D eigenvalue weighted by molar-refractivity contribution is 1.07. The van der Waals surface area contributed by atoms with Gasteiger partial charge in [-0.25, -0.2) is 0 Å². The Hall–Kier alpha value is -0.310. The van der Waals surface area contributed by atoms with Gasteiger partial charge in [0, 0.05) is 12.0 Å². The number of thiol groups is 1. The molecule has 0 bridgehead atoms. The van der Waals surface area contributed by atoms with Crippen LogP contribution >= 0.6 is 12.6 Å². The lowest BCUT2D eigenvalue weighted by atomic mass is 10.5. The molecule has 0 atom stereocenters. The van der Waals surface area contributed by atoms with Crippen molar-refractivity contribution in [3.8, 4) is 0 Å². The van der Waals surface area contributed by atoms with E-state index < -0.39 is 0 Å². The molecule has 0 heterocycles. The van der Waals surface area contributed by atoms with E-state index in [1.807, 2.05) is 13.8 Å². The van der Waals surface area contributed by atoms with Gasteiger partial charge in [-0.1, -0.05) is 0 Å². The van der Waals surface area contributed by atoms with Gasteiger partial charge in [-0.05, 0) is 13.8 Å². The highest BCUT2D eigenvalue weighted by Gasteiger charge is 1.84. The maximum atomic E-state index is 4.05. The van der Waals surface area contributed by atoms with Crippen LogP contribution in [0.15, 0.2) is 20.8 Å². The third-order valence-electron chi connectivity index (χ3n) is 0.774. The zero-order chi connectivity index (χ0) is 6.57. The molecule has 0 spiro atoms. The average Bonchev–Trinajstić information content (AvgIpc) is 1.67. The molecule has 0 aromatic rings. The fraction of sp³-hybridized carbons (Fsp3) is 0.600. The van der Waals surface area contributed by atoms with Crippen LogP contribution in [0.1, 0.15) is 13.8 Å². The first kappa shape index (κ1) is 7.69. The molecule has 0 saturated carbocycles. The SMILES string of the molecule is C/N=N\C(C)=C(\C)S. The van der Waals surface area contributed by atoms with Gasteiger partial charge in [-0.3, -0.25) is 0 Å². The molecule has 0 aliphatic heterocycles. The minimum absolute atomic E-state index is 0.871. The van der Waals surface area contributed by atoms with Crippen LogP contribution in [0.4, 0.5) is 0 Å². The Morgan fingerprint density at radius 2 is 1.88 bits per heavy atom. The summed E-state index contributed by atoms with van der Waals surface area (Å²) in [4.78, 5) is 0.913. The van der Waals surface area contributed by atoms with Crippen LogP contribution in [0, 0.1) is 0 Å². The number of hydrogen-bond donors (Lipinski definition) is 1. The molecule has 0 saturated heterocycles. The summed E-state index contributed by atoms with van der Waals surface area (Å²) < 4.78 is 0. The third kappa shape index (κ3) is 2.80. The normalized spacial score (nSPS) is 14.5. The van der Waals surface area contributed by atoms with Crippen molar-refractivity contribution < 1.29 is 0 Å². The summed E-state index contributed by atoms with van der Waals surface area (Å²) in [6.07, 6.45) is 0. The standard InChI is InChI=1S/C5H10N2S/c1-4(5(2)8)7-6-3/h8H,1-3H3/b5-4-,7-6-. The topological polar surface area (TPSA) is 24.7 Å². The van der Waals surface area contributed by atoms with Crippen LogP contribution < -0.4 is 0 Å². The van der Waals surface area contributed by atoms with Crippen LogP contribution in [-0.2, 0) is 0 Å². The van der Waals surface area contributed by atoms with Gasteiger partial charge in [0.05, 0.1) is 5.70 Å². The summed E-state index contributed by atoms with van der Waals surface area (Å²) in [6.45, 7) is 3.75. The van der Waals surface area contributed by atoms with Crippen molar-refractivity contribution in [2.75, 3.05) is 7.05 Å². The molecule has 46 valence electrons. The lowest BCUT2D eigenvalue weighted by Gasteiger charge is -1.88. The van der Waals surface area contributed by atoms with Crippen molar-refractivity contribution >= 4 is 12.6 Å². The zero-order valence-corrected chi connectivity index (χ0v) is 6.24. The van der Waals surface area contributed by atoms with Gasteiger partial charge in [0.2, 0.25) is 0 Å². The van der Waals surface area contributed by atoms with Gasteiger partial charge in [-0.2, -0.15) is 10.2 Å². The number of nitrogens with zero attached hydrogens (tertiary/aromatic N) is 2. The first-order valence-electron chi connectivity index (χ1n) is 2.34. The van der Waals surface area contributed by atoms with Gasteiger partial charge in [0.1, 0.15) is 0 Å². The minimum Gasteiger partial charge on any atom is -0.192 e. The number of hydrogen-bond acceptors (Lipinski definition) is 3. The minimum atomic E-state index is 0.871. The first-order chi connectivity index (χ1) is 3.68. The summed E-state index contributed by atoms with van der Waals surface area (Å²) in [5, 5.41) is 7.33. The summed E-state index contributed by atoms with van der Waals surface area (Å²) in [5.41, 5.74) is 0.871. The van der Waals surface area contributed by atoms with E-state index in [1.54, 1.807) is 7.05 Å². The predicted molar refractivity (Wildman–Crippen MR) is 38.1 cm³/mol. The van der Waals surface area contributed by atoms with Crippen LogP contribution in [0.3, 0.4) is 0 Å². The predicted octanol–water partition coefficient (Wildman–Crippen LogP) is 2.25. The molecule has 0 aromatic carbocycles. The summed E-state index contributed by atoms with van der Waals surface area (Å²) in [7, 11) is 1.64. The van der Waals surface area contributed by atoms with Crippen molar-refractivity contribution in [3.63, 3.8) is 0 Å². The second kappa shape index (κ2) is 3.66. The van der Waals surface area contributed by atoms with E-state index in [2.05, 4.69) is 22.9 Å². The Kier molecular flexibility index (Phi) is 3.52. The van der Waals surface area contributed by atoms with E-state index in [0.29, 0.717) is 0 Å². The van der Waals surface area contributed by atoms with Crippen LogP contribution in [-0.4, -0.2) is 7.05 Å². The van der Waals surface area contributed by atoms with Crippen LogP contribution in [0.25, 0.3) is 0 Å². The maximum Gasteiger partial charge on any atom is 0.0684 e. The molecule has 3 heteroatoms. The monoisotopic (exact) mass is 130 g/mol. The quantitative estimate of drug-likeness (QED) is 0.416. The number of allylic oxidation sites excluding steroid dienone is 2. The molecule has 0 rings (SSSR count). The van der Waals surface area contributed by atoms with Gasteiger partial charge < -0.3 is 0 Å². The highest BCUT2D eigenvalue weighted by molar-refractivity contribution is 7.84. The second-order valence-corrected chi connectivity index (χ2v) is 2.14. The molecular weight excluding hydrogens is 120 g/mol. The Bertz CT molecular complexity index is 122. The lowest BCUT2D eigenvalue weighted by Crippen LogP contribution is -1.68. The molecule has 0 aliphatic rings. The molecule has 0 N–H and O–H groups in total. The fourth-order valence-corrected chi connectivity index (χ4v) is 0.267. The molecule has 2 nitrogen and oxygen atoms in total. The second-order valence-electron chi connectivity index (χ2n) is 1.47. The van der Waals surface area contributed by atoms with Gasteiger partial charge in [0.25, 0.3) is 0 Å². The fourth-order valence-electron chi connectivity index (χ4n) is 0.222. The van der Waals surface area contributed by atoms with Crippen molar-refractivity contribution in [3.05, 3.63) is 10.6 Å². The van der Waals surface area contributed by atoms with Crippen molar-refractivity contribution in [1.29, 1.82) is 0 Å². The van der Waals surface area contributed by atoms with E-state index in [4.69, 9.17) is 0 Å². The number of rotatable bonds is 1. The first-order valence-corrected chi connectivity index (χ1v) is 2.79. The molecule has 8 heavy (non-hydrogen) atoms. The zero-order valence-electron chi connectivity index (χ0n) is 5.34. The summed E-state index contributed by atoms with van der Waals surface area (Å²) in [5.74, 6) is 0. The van der Waals surface area contributed by atoms with Gasteiger partial charge >= 0.3 is 0 Å². The summed E-state index contributed by atoms with van der Waals surface area (Å²) >= 11 is 4.05. The molecule has 0 aliphatic carbocycles. The molecule has 0 amide bonds. The van der Waals surface area contributed by atoms with E-state index >= 15 is 0 Å². The van der Waals surface area contributed by atoms with Crippen molar-refractivity contribution in [2.24, 2.45) is 10.2 Å². The average molecular weight is 130 g/mol. The Morgan fingerprint density at radius 1 is 1.38 bits per heavy atom. The highest BCUT2D eigenvalue weighted by atomic mass is 32.1. The number of azo groups is 1. The molecule has 0 radical (unpaired) electrons. The Labute approximate surface area is 55.1 Å². The van der Waals surface area contributed by atoms with Crippen molar-refractivity contribution in [1.82, 2.24) is 0 Å². The van der Waals surface area contributed by atoms with Crippen molar-refractivity contribution in [2.45, 2.75) is 13.8 Å². The highest BCUT2D eigenvalue weighted by Crippen LogP contribution is 2.07. The van der Waals surface area contributed by atoms with E-state index in [0.717, 1.165) is 10.6 Å². The van der Waals surface area contributed by atoms with Crippen LogP contribution in [0.5, 0.6) is 0 Å². The Balaban J connectivity index is 4.00. The third-order valence-corrected chi connectivity index (χ3v) is 1.10. The smallest absolute Gasteiger partial charge is 0.0684 e. The van der Waals surface area contributed by atoms with E-state index in [1.165, 1.54) is 0 Å². The van der Waals surface area contributed by atoms with E-state index in [-0.39, 0.29) is 0 Å². The van der Waals surface area contributed by atoms with E-state index in [9.17, 15) is 0 Å². The largest absolute Gasteiger partial charge is 0.192 e. The maximum absolute atomic E-state index is 4.05. The molecule has 0 unspecified atom stereocenters. The van der Waals surface area contributed by atoms with Gasteiger partial charge in [0.15, 0.2) is 0 Å².